The van der Waals surface area contributed by atoms with Gasteiger partial charge < -0.3 is 10.6 Å². The van der Waals surface area contributed by atoms with Crippen LogP contribution in [0.1, 0.15) is 42.5 Å². The number of hydrogen-bond acceptors (Lipinski definition) is 7. The van der Waals surface area contributed by atoms with Gasteiger partial charge in [-0.15, -0.1) is 11.3 Å². The van der Waals surface area contributed by atoms with Crippen LogP contribution in [-0.2, 0) is 17.6 Å². The lowest BCUT2D eigenvalue weighted by molar-refractivity contribution is -0.117. The Labute approximate surface area is 186 Å². The fraction of sp³-hybridized carbons (Fsp3) is 0.478. The van der Waals surface area contributed by atoms with E-state index in [1.54, 1.807) is 18.7 Å². The molecule has 1 amide bonds. The Hall–Kier alpha value is -2.58. The van der Waals surface area contributed by atoms with Gasteiger partial charge in [-0.1, -0.05) is 0 Å². The van der Waals surface area contributed by atoms with Crippen molar-refractivity contribution in [3.05, 3.63) is 41.3 Å². The first kappa shape index (κ1) is 20.3. The number of hydrogen-bond donors (Lipinski definition) is 2. The number of rotatable bonds is 6. The van der Waals surface area contributed by atoms with Crippen molar-refractivity contribution in [2.24, 2.45) is 0 Å². The number of aromatic nitrogens is 3. The van der Waals surface area contributed by atoms with E-state index < -0.39 is 0 Å². The molecule has 0 atom stereocenters. The van der Waals surface area contributed by atoms with Crippen LogP contribution in [0.3, 0.4) is 0 Å². The molecule has 5 rings (SSSR count). The van der Waals surface area contributed by atoms with E-state index in [9.17, 15) is 4.79 Å². The monoisotopic (exact) mass is 436 g/mol. The van der Waals surface area contributed by atoms with E-state index in [-0.39, 0.29) is 5.91 Å². The summed E-state index contributed by atoms with van der Waals surface area (Å²) in [5, 5.41) is 7.90. The van der Waals surface area contributed by atoms with Crippen LogP contribution in [-0.4, -0.2) is 51.4 Å². The Morgan fingerprint density at radius 3 is 2.90 bits per heavy atom. The molecule has 3 aromatic heterocycles. The highest BCUT2D eigenvalue weighted by Crippen LogP contribution is 2.39. The summed E-state index contributed by atoms with van der Waals surface area (Å²) in [6, 6.07) is 4.52. The smallest absolute Gasteiger partial charge is 0.238 e. The van der Waals surface area contributed by atoms with Crippen molar-refractivity contribution < 1.29 is 4.79 Å². The van der Waals surface area contributed by atoms with Crippen LogP contribution in [0.4, 0.5) is 11.5 Å². The average Bonchev–Trinajstić information content (AvgIpc) is 3.36. The standard InChI is InChI=1S/C23H28N6OS/c1-29(13-20(30)27-16-4-3-11-24-12-16)17-9-7-15(8-10-17)28-22-21-18-5-2-6-19(18)31-23(21)26-14-25-22/h3-4,11-12,14-15,17H,2,5-10,13H2,1H3,(H,27,30)(H,25,26,28)/t15-,17-. The molecule has 2 aliphatic carbocycles. The summed E-state index contributed by atoms with van der Waals surface area (Å²) >= 11 is 1.83. The number of nitrogens with one attached hydrogen (secondary N) is 2. The third kappa shape index (κ3) is 4.41. The number of carbonyl (C=O) groups excluding carboxylic acids is 1. The molecule has 3 heterocycles. The summed E-state index contributed by atoms with van der Waals surface area (Å²) < 4.78 is 0. The fourth-order valence-corrected chi connectivity index (χ4v) is 6.11. The second-order valence-corrected chi connectivity index (χ2v) is 9.70. The van der Waals surface area contributed by atoms with Crippen molar-refractivity contribution in [3.63, 3.8) is 0 Å². The molecule has 0 aliphatic heterocycles. The SMILES string of the molecule is CN(CC(=O)Nc1cccnc1)[C@H]1CC[C@H](Nc2ncnc3sc4c(c23)CCC4)CC1. The summed E-state index contributed by atoms with van der Waals surface area (Å²) in [7, 11) is 2.05. The van der Waals surface area contributed by atoms with E-state index in [0.717, 1.165) is 48.4 Å². The van der Waals surface area contributed by atoms with E-state index in [0.29, 0.717) is 18.6 Å². The maximum Gasteiger partial charge on any atom is 0.238 e. The number of carbonyl (C=O) groups is 1. The van der Waals surface area contributed by atoms with Crippen molar-refractivity contribution in [2.45, 2.75) is 57.0 Å². The predicted molar refractivity (Wildman–Crippen MR) is 125 cm³/mol. The highest BCUT2D eigenvalue weighted by molar-refractivity contribution is 7.19. The van der Waals surface area contributed by atoms with Gasteiger partial charge >= 0.3 is 0 Å². The Kier molecular flexibility index (Phi) is 5.82. The minimum absolute atomic E-state index is 0.00504. The Bertz CT molecular complexity index is 1060. The van der Waals surface area contributed by atoms with E-state index in [2.05, 4.69) is 30.5 Å². The number of amides is 1. The van der Waals surface area contributed by atoms with Crippen molar-refractivity contribution in [1.29, 1.82) is 0 Å². The molecule has 0 radical (unpaired) electrons. The zero-order chi connectivity index (χ0) is 21.2. The van der Waals surface area contributed by atoms with E-state index in [1.165, 1.54) is 28.7 Å². The van der Waals surface area contributed by atoms with E-state index in [4.69, 9.17) is 0 Å². The van der Waals surface area contributed by atoms with Gasteiger partial charge in [-0.05, 0) is 69.7 Å². The molecule has 1 saturated carbocycles. The maximum absolute atomic E-state index is 12.4. The number of pyridine rings is 1. The minimum atomic E-state index is 0.00504. The molecule has 0 saturated heterocycles. The quantitative estimate of drug-likeness (QED) is 0.610. The van der Waals surface area contributed by atoms with Gasteiger partial charge in [0.2, 0.25) is 5.91 Å². The van der Waals surface area contributed by atoms with Gasteiger partial charge in [-0.3, -0.25) is 14.7 Å². The normalized spacial score (nSPS) is 20.7. The second-order valence-electron chi connectivity index (χ2n) is 8.61. The van der Waals surface area contributed by atoms with E-state index >= 15 is 0 Å². The lowest BCUT2D eigenvalue weighted by Gasteiger charge is -2.34. The van der Waals surface area contributed by atoms with Gasteiger partial charge in [0.1, 0.15) is 17.0 Å². The molecule has 8 heteroatoms. The first-order valence-corrected chi connectivity index (χ1v) is 11.9. The second kappa shape index (κ2) is 8.88. The third-order valence-corrected chi connectivity index (χ3v) is 7.70. The zero-order valence-corrected chi connectivity index (χ0v) is 18.6. The van der Waals surface area contributed by atoms with Gasteiger partial charge in [0, 0.05) is 23.2 Å². The highest BCUT2D eigenvalue weighted by atomic mass is 32.1. The number of likely N-dealkylation sites (N-methyl/N-ethyl adjacent to an activating group) is 1. The molecule has 0 spiro atoms. The van der Waals surface area contributed by atoms with Crippen LogP contribution in [0, 0.1) is 0 Å². The molecule has 3 aromatic rings. The van der Waals surface area contributed by atoms with Crippen molar-refractivity contribution in [1.82, 2.24) is 19.9 Å². The Morgan fingerprint density at radius 1 is 1.23 bits per heavy atom. The van der Waals surface area contributed by atoms with Gasteiger partial charge in [0.25, 0.3) is 0 Å². The number of nitrogens with zero attached hydrogens (tertiary/aromatic N) is 4. The summed E-state index contributed by atoms with van der Waals surface area (Å²) in [4.78, 5) is 30.3. The van der Waals surface area contributed by atoms with Crippen LogP contribution in [0.15, 0.2) is 30.9 Å². The molecular formula is C23H28N6OS. The molecular weight excluding hydrogens is 408 g/mol. The van der Waals surface area contributed by atoms with Crippen molar-refractivity contribution >= 4 is 39.0 Å². The van der Waals surface area contributed by atoms with Crippen LogP contribution in [0.2, 0.25) is 0 Å². The molecule has 0 unspecified atom stereocenters. The number of aryl methyl sites for hydroxylation is 2. The topological polar surface area (TPSA) is 83.0 Å². The van der Waals surface area contributed by atoms with E-state index in [1.807, 2.05) is 30.5 Å². The summed E-state index contributed by atoms with van der Waals surface area (Å²) in [5.41, 5.74) is 2.21. The molecule has 162 valence electrons. The number of thiophene rings is 1. The molecule has 2 N–H and O–H groups in total. The van der Waals surface area contributed by atoms with Gasteiger partial charge in [-0.25, -0.2) is 9.97 Å². The number of anilines is 2. The molecule has 7 nitrogen and oxygen atoms in total. The Morgan fingerprint density at radius 2 is 2.10 bits per heavy atom. The molecule has 1 fully saturated rings. The van der Waals surface area contributed by atoms with Gasteiger partial charge in [0.15, 0.2) is 0 Å². The maximum atomic E-state index is 12.4. The number of fused-ring (bicyclic) bond motifs is 3. The summed E-state index contributed by atoms with van der Waals surface area (Å²) in [6.07, 6.45) is 12.9. The first-order chi connectivity index (χ1) is 15.2. The van der Waals surface area contributed by atoms with Crippen molar-refractivity contribution in [3.8, 4) is 0 Å². The molecule has 0 aromatic carbocycles. The van der Waals surface area contributed by atoms with Crippen LogP contribution < -0.4 is 10.6 Å². The average molecular weight is 437 g/mol. The largest absolute Gasteiger partial charge is 0.367 e. The fourth-order valence-electron chi connectivity index (χ4n) is 4.89. The summed E-state index contributed by atoms with van der Waals surface area (Å²) in [6.45, 7) is 0.394. The van der Waals surface area contributed by atoms with Crippen LogP contribution in [0.25, 0.3) is 10.2 Å². The third-order valence-electron chi connectivity index (χ3n) is 6.50. The lowest BCUT2D eigenvalue weighted by atomic mass is 9.90. The molecule has 0 bridgehead atoms. The van der Waals surface area contributed by atoms with Crippen LogP contribution in [0.5, 0.6) is 0 Å². The zero-order valence-electron chi connectivity index (χ0n) is 17.8. The Balaban J connectivity index is 1.16. The molecule has 31 heavy (non-hydrogen) atoms. The predicted octanol–water partition coefficient (Wildman–Crippen LogP) is 3.87. The van der Waals surface area contributed by atoms with Gasteiger partial charge in [-0.2, -0.15) is 0 Å². The summed E-state index contributed by atoms with van der Waals surface area (Å²) in [5.74, 6) is 1.02. The highest BCUT2D eigenvalue weighted by Gasteiger charge is 2.27. The first-order valence-electron chi connectivity index (χ1n) is 11.1. The lowest BCUT2D eigenvalue weighted by Crippen LogP contribution is -2.42. The van der Waals surface area contributed by atoms with Gasteiger partial charge in [0.05, 0.1) is 23.8 Å². The molecule has 2 aliphatic rings. The van der Waals surface area contributed by atoms with Crippen LogP contribution >= 0.6 is 11.3 Å². The van der Waals surface area contributed by atoms with Crippen molar-refractivity contribution in [2.75, 3.05) is 24.2 Å². The minimum Gasteiger partial charge on any atom is -0.367 e.